The van der Waals surface area contributed by atoms with Crippen LogP contribution in [0.2, 0.25) is 0 Å². The van der Waals surface area contributed by atoms with Crippen molar-refractivity contribution in [1.29, 1.82) is 0 Å². The highest BCUT2D eigenvalue weighted by atomic mass is 16.6. The van der Waals surface area contributed by atoms with E-state index < -0.39 is 34.5 Å². The van der Waals surface area contributed by atoms with Gasteiger partial charge in [0.2, 0.25) is 0 Å². The van der Waals surface area contributed by atoms with Crippen LogP contribution in [0.25, 0.3) is 0 Å². The summed E-state index contributed by atoms with van der Waals surface area (Å²) < 4.78 is 10.2. The van der Waals surface area contributed by atoms with Crippen LogP contribution in [-0.4, -0.2) is 35.4 Å². The Kier molecular flexibility index (Phi) is 7.24. The van der Waals surface area contributed by atoms with Crippen molar-refractivity contribution in [2.24, 2.45) is 0 Å². The van der Waals surface area contributed by atoms with Crippen molar-refractivity contribution in [2.45, 2.75) is 20.0 Å². The summed E-state index contributed by atoms with van der Waals surface area (Å²) in [6.45, 7) is 3.18. The Bertz CT molecular complexity index is 915. The minimum atomic E-state index is -1.26. The quantitative estimate of drug-likeness (QED) is 0.411. The summed E-state index contributed by atoms with van der Waals surface area (Å²) in [4.78, 5) is 46.6. The number of nitrogens with one attached hydrogen (secondary N) is 2. The number of rotatable bonds is 7. The van der Waals surface area contributed by atoms with E-state index in [9.17, 15) is 24.5 Å². The van der Waals surface area contributed by atoms with Crippen molar-refractivity contribution in [3.63, 3.8) is 0 Å². The number of esters is 1. The van der Waals surface area contributed by atoms with E-state index in [1.807, 2.05) is 0 Å². The Morgan fingerprint density at radius 1 is 1.07 bits per heavy atom. The molecular formula is C19H19N3O7. The van der Waals surface area contributed by atoms with E-state index in [1.165, 1.54) is 19.1 Å². The molecule has 29 heavy (non-hydrogen) atoms. The maximum Gasteiger partial charge on any atom is 0.339 e. The van der Waals surface area contributed by atoms with Crippen molar-refractivity contribution in [1.82, 2.24) is 10.9 Å². The predicted molar refractivity (Wildman–Crippen MR) is 101 cm³/mol. The number of nitrogens with zero attached hydrogens (tertiary/aromatic N) is 1. The second kappa shape index (κ2) is 9.83. The van der Waals surface area contributed by atoms with Gasteiger partial charge in [-0.05, 0) is 38.1 Å². The number of hydrogen-bond acceptors (Lipinski definition) is 7. The number of benzene rings is 2. The van der Waals surface area contributed by atoms with E-state index in [1.54, 1.807) is 37.3 Å². The first-order valence-corrected chi connectivity index (χ1v) is 8.61. The first kappa shape index (κ1) is 21.4. The van der Waals surface area contributed by atoms with Crippen molar-refractivity contribution < 1.29 is 28.8 Å². The highest BCUT2D eigenvalue weighted by molar-refractivity contribution is 5.96. The van der Waals surface area contributed by atoms with Gasteiger partial charge in [-0.2, -0.15) is 0 Å². The summed E-state index contributed by atoms with van der Waals surface area (Å²) in [7, 11) is 0. The second-order valence-electron chi connectivity index (χ2n) is 5.73. The number of hydrogen-bond donors (Lipinski definition) is 2. The first-order valence-electron chi connectivity index (χ1n) is 8.61. The standard InChI is InChI=1S/C19H19N3O7/c1-3-28-16-10-9-14(11-15(16)22(26)27)19(25)29-12(2)17(23)20-21-18(24)13-7-5-4-6-8-13/h4-12H,3H2,1-2H3,(H,20,23)(H,21,24)/t12-/m1/s1. The van der Waals surface area contributed by atoms with Gasteiger partial charge < -0.3 is 9.47 Å². The van der Waals surface area contributed by atoms with Crippen molar-refractivity contribution in [2.75, 3.05) is 6.61 Å². The summed E-state index contributed by atoms with van der Waals surface area (Å²) in [6.07, 6.45) is -1.26. The number of carbonyl (C=O) groups excluding carboxylic acids is 3. The molecule has 0 spiro atoms. The molecule has 0 saturated carbocycles. The molecule has 1 atom stereocenters. The van der Waals surface area contributed by atoms with Crippen LogP contribution in [0.5, 0.6) is 5.75 Å². The molecule has 0 aliphatic rings. The minimum Gasteiger partial charge on any atom is -0.487 e. The molecule has 152 valence electrons. The maximum atomic E-state index is 12.2. The Balaban J connectivity index is 1.97. The fourth-order valence-electron chi connectivity index (χ4n) is 2.23. The SMILES string of the molecule is CCOc1ccc(C(=O)O[C@H](C)C(=O)NNC(=O)c2ccccc2)cc1[N+](=O)[O-]. The van der Waals surface area contributed by atoms with Crippen LogP contribution in [-0.2, 0) is 9.53 Å². The zero-order valence-corrected chi connectivity index (χ0v) is 15.7. The molecular weight excluding hydrogens is 382 g/mol. The molecule has 2 aromatic rings. The molecule has 0 heterocycles. The lowest BCUT2D eigenvalue weighted by Gasteiger charge is -2.14. The molecule has 0 aliphatic heterocycles. The Labute approximate surface area is 165 Å². The lowest BCUT2D eigenvalue weighted by atomic mass is 10.2. The molecule has 0 radical (unpaired) electrons. The zero-order chi connectivity index (χ0) is 21.4. The molecule has 0 aromatic heterocycles. The predicted octanol–water partition coefficient (Wildman–Crippen LogP) is 2.00. The van der Waals surface area contributed by atoms with E-state index in [4.69, 9.17) is 9.47 Å². The zero-order valence-electron chi connectivity index (χ0n) is 15.7. The van der Waals surface area contributed by atoms with Crippen LogP contribution in [0.1, 0.15) is 34.6 Å². The second-order valence-corrected chi connectivity index (χ2v) is 5.73. The molecule has 0 aliphatic carbocycles. The van der Waals surface area contributed by atoms with E-state index in [-0.39, 0.29) is 17.9 Å². The van der Waals surface area contributed by atoms with Crippen LogP contribution in [0, 0.1) is 10.1 Å². The van der Waals surface area contributed by atoms with Gasteiger partial charge in [0.15, 0.2) is 11.9 Å². The third kappa shape index (κ3) is 5.76. The van der Waals surface area contributed by atoms with E-state index in [2.05, 4.69) is 10.9 Å². The molecule has 10 heteroatoms. The third-order valence-electron chi connectivity index (χ3n) is 3.68. The molecule has 2 amide bonds. The fraction of sp³-hybridized carbons (Fsp3) is 0.211. The molecule has 0 unspecified atom stereocenters. The maximum absolute atomic E-state index is 12.2. The van der Waals surface area contributed by atoms with E-state index in [0.29, 0.717) is 5.56 Å². The highest BCUT2D eigenvalue weighted by Crippen LogP contribution is 2.28. The number of nitro benzene ring substituents is 1. The van der Waals surface area contributed by atoms with Gasteiger partial charge in [-0.25, -0.2) is 4.79 Å². The van der Waals surface area contributed by atoms with Gasteiger partial charge in [-0.1, -0.05) is 18.2 Å². The average molecular weight is 401 g/mol. The van der Waals surface area contributed by atoms with Gasteiger partial charge in [0.25, 0.3) is 11.8 Å². The third-order valence-corrected chi connectivity index (χ3v) is 3.68. The Morgan fingerprint density at radius 3 is 2.38 bits per heavy atom. The summed E-state index contributed by atoms with van der Waals surface area (Å²) in [5.41, 5.74) is 4.17. The number of hydrazine groups is 1. The molecule has 0 fully saturated rings. The lowest BCUT2D eigenvalue weighted by molar-refractivity contribution is -0.385. The van der Waals surface area contributed by atoms with Crippen molar-refractivity contribution in [3.8, 4) is 5.75 Å². The molecule has 10 nitrogen and oxygen atoms in total. The molecule has 2 rings (SSSR count). The van der Waals surface area contributed by atoms with E-state index in [0.717, 1.165) is 6.07 Å². The van der Waals surface area contributed by atoms with E-state index >= 15 is 0 Å². The summed E-state index contributed by atoms with van der Waals surface area (Å²) >= 11 is 0. The normalized spacial score (nSPS) is 11.1. The van der Waals surface area contributed by atoms with Gasteiger partial charge in [-0.3, -0.25) is 30.6 Å². The fourth-order valence-corrected chi connectivity index (χ4v) is 2.23. The first-order chi connectivity index (χ1) is 13.8. The Hall–Kier alpha value is -3.95. The molecule has 0 saturated heterocycles. The molecule has 0 bridgehead atoms. The van der Waals surface area contributed by atoms with Crippen LogP contribution < -0.4 is 15.6 Å². The van der Waals surface area contributed by atoms with Crippen LogP contribution in [0.15, 0.2) is 48.5 Å². The average Bonchev–Trinajstić information content (AvgIpc) is 2.72. The van der Waals surface area contributed by atoms with Crippen molar-refractivity contribution >= 4 is 23.5 Å². The minimum absolute atomic E-state index is 0.0171. The lowest BCUT2D eigenvalue weighted by Crippen LogP contribution is -2.46. The van der Waals surface area contributed by atoms with Crippen LogP contribution in [0.4, 0.5) is 5.69 Å². The van der Waals surface area contributed by atoms with Gasteiger partial charge in [0.05, 0.1) is 17.1 Å². The van der Waals surface area contributed by atoms with Gasteiger partial charge >= 0.3 is 11.7 Å². The molecule has 2 aromatic carbocycles. The largest absolute Gasteiger partial charge is 0.487 e. The smallest absolute Gasteiger partial charge is 0.339 e. The van der Waals surface area contributed by atoms with Gasteiger partial charge in [-0.15, -0.1) is 0 Å². The van der Waals surface area contributed by atoms with Crippen LogP contribution in [0.3, 0.4) is 0 Å². The topological polar surface area (TPSA) is 137 Å². The van der Waals surface area contributed by atoms with Gasteiger partial charge in [0, 0.05) is 11.6 Å². The van der Waals surface area contributed by atoms with Crippen molar-refractivity contribution in [3.05, 3.63) is 69.8 Å². The summed E-state index contributed by atoms with van der Waals surface area (Å²) in [5.74, 6) is -2.24. The summed E-state index contributed by atoms with van der Waals surface area (Å²) in [5, 5.41) is 11.1. The summed E-state index contributed by atoms with van der Waals surface area (Å²) in [6, 6.07) is 11.8. The van der Waals surface area contributed by atoms with Crippen LogP contribution >= 0.6 is 0 Å². The number of ether oxygens (including phenoxy) is 2. The highest BCUT2D eigenvalue weighted by Gasteiger charge is 2.23. The number of carbonyl (C=O) groups is 3. The number of nitro groups is 1. The monoisotopic (exact) mass is 401 g/mol. The number of amides is 2. The molecule has 2 N–H and O–H groups in total. The van der Waals surface area contributed by atoms with Gasteiger partial charge in [0.1, 0.15) is 0 Å². The Morgan fingerprint density at radius 2 is 1.76 bits per heavy atom.